The third-order valence-electron chi connectivity index (χ3n) is 3.55. The van der Waals surface area contributed by atoms with Crippen LogP contribution in [0, 0.1) is 6.92 Å². The standard InChI is InChI=1S/2C8H12O3.C7H11O.C6H10O/c2*1-7(9)5-3-4-6-8(10)11-2;1-3-4-5-6-7(2)8;1-3-4-5-6(2)7/h2*3-4H,5-6H2,1-2H3;4-5H,1,3,6H2,2H3;3-4H,5H2,1-2H3/q;;+1;/b2*4-3-;5-4-;4-3+. The molecule has 0 spiro atoms. The molecule has 0 aliphatic rings. The highest BCUT2D eigenvalue weighted by Crippen LogP contribution is 1.91. The Kier molecular flexibility index (Phi) is 35.6. The van der Waals surface area contributed by atoms with Crippen LogP contribution in [0.2, 0.25) is 0 Å². The molecule has 0 aromatic heterocycles. The SMILES string of the molecule is C/C=C/CC(C)=O.COC(=O)C/C=C\CC(C)=O.COC(=O)C/C=C\CC(C)=O.[CH2+]C/C=C\CC(C)=O. The first-order valence-electron chi connectivity index (χ1n) is 11.8. The van der Waals surface area contributed by atoms with Crippen LogP contribution < -0.4 is 0 Å². The molecule has 0 rings (SSSR count). The summed E-state index contributed by atoms with van der Waals surface area (Å²) in [4.78, 5) is 62.2. The number of esters is 2. The summed E-state index contributed by atoms with van der Waals surface area (Å²) >= 11 is 0. The summed E-state index contributed by atoms with van der Waals surface area (Å²) in [6, 6.07) is 0. The summed E-state index contributed by atoms with van der Waals surface area (Å²) in [6.07, 6.45) is 17.2. The van der Waals surface area contributed by atoms with Gasteiger partial charge in [0.2, 0.25) is 0 Å². The molecule has 0 bridgehead atoms. The van der Waals surface area contributed by atoms with E-state index in [0.717, 1.165) is 6.42 Å². The first-order chi connectivity index (χ1) is 17.4. The van der Waals surface area contributed by atoms with Gasteiger partial charge in [0.15, 0.2) is 0 Å². The lowest BCUT2D eigenvalue weighted by Crippen LogP contribution is -1.96. The summed E-state index contributed by atoms with van der Waals surface area (Å²) in [7, 11) is 2.67. The molecular weight excluding hydrogens is 476 g/mol. The number of carbonyl (C=O) groups is 6. The normalized spacial score (nSPS) is 10.0. The molecule has 0 fully saturated rings. The Morgan fingerprint density at radius 1 is 0.514 bits per heavy atom. The van der Waals surface area contributed by atoms with Crippen molar-refractivity contribution < 1.29 is 38.2 Å². The lowest BCUT2D eigenvalue weighted by Gasteiger charge is -1.90. The molecule has 0 radical (unpaired) electrons. The first kappa shape index (κ1) is 40.6. The predicted molar refractivity (Wildman–Crippen MR) is 147 cm³/mol. The summed E-state index contributed by atoms with van der Waals surface area (Å²) in [5.41, 5.74) is 0. The van der Waals surface area contributed by atoms with Gasteiger partial charge < -0.3 is 9.47 Å². The number of allylic oxidation sites excluding steroid dienone is 6. The molecule has 8 nitrogen and oxygen atoms in total. The van der Waals surface area contributed by atoms with Crippen molar-refractivity contribution in [1.82, 2.24) is 0 Å². The Labute approximate surface area is 222 Å². The number of hydrogen-bond donors (Lipinski definition) is 0. The van der Waals surface area contributed by atoms with Crippen molar-refractivity contribution in [2.24, 2.45) is 0 Å². The van der Waals surface area contributed by atoms with Crippen LogP contribution in [0.5, 0.6) is 0 Å². The number of ether oxygens (including phenoxy) is 2. The van der Waals surface area contributed by atoms with E-state index in [9.17, 15) is 28.8 Å². The second-order valence-electron chi connectivity index (χ2n) is 7.46. The van der Waals surface area contributed by atoms with Crippen molar-refractivity contribution in [1.29, 1.82) is 0 Å². The quantitative estimate of drug-likeness (QED) is 0.178. The zero-order chi connectivity index (χ0) is 29.5. The van der Waals surface area contributed by atoms with E-state index in [-0.39, 0.29) is 47.9 Å². The maximum absolute atomic E-state index is 10.5. The molecule has 0 saturated heterocycles. The topological polar surface area (TPSA) is 121 Å². The average Bonchev–Trinajstić information content (AvgIpc) is 2.83. The van der Waals surface area contributed by atoms with Gasteiger partial charge in [-0.15, -0.1) is 0 Å². The second kappa shape index (κ2) is 32.5. The van der Waals surface area contributed by atoms with Gasteiger partial charge in [-0.3, -0.25) is 28.8 Å². The van der Waals surface area contributed by atoms with Gasteiger partial charge in [-0.2, -0.15) is 0 Å². The van der Waals surface area contributed by atoms with E-state index < -0.39 is 0 Å². The van der Waals surface area contributed by atoms with Gasteiger partial charge in [0, 0.05) is 25.7 Å². The third-order valence-corrected chi connectivity index (χ3v) is 3.55. The summed E-state index contributed by atoms with van der Waals surface area (Å²) in [6.45, 7) is 11.7. The van der Waals surface area contributed by atoms with E-state index >= 15 is 0 Å². The van der Waals surface area contributed by atoms with Gasteiger partial charge in [0.1, 0.15) is 29.6 Å². The number of hydrogen-bond acceptors (Lipinski definition) is 8. The van der Waals surface area contributed by atoms with Crippen LogP contribution in [0.15, 0.2) is 48.6 Å². The minimum absolute atomic E-state index is 0.0890. The minimum atomic E-state index is -0.287. The Bertz CT molecular complexity index is 731. The summed E-state index contributed by atoms with van der Waals surface area (Å²) < 4.78 is 8.76. The molecular formula is C29H45O8+. The molecule has 0 aliphatic heterocycles. The number of ketones is 4. The van der Waals surface area contributed by atoms with Crippen LogP contribution in [-0.2, 0) is 38.2 Å². The molecule has 0 amide bonds. The van der Waals surface area contributed by atoms with Crippen LogP contribution in [0.4, 0.5) is 0 Å². The van der Waals surface area contributed by atoms with Crippen LogP contribution in [0.3, 0.4) is 0 Å². The van der Waals surface area contributed by atoms with Gasteiger partial charge >= 0.3 is 11.9 Å². The molecule has 37 heavy (non-hydrogen) atoms. The molecule has 0 heterocycles. The summed E-state index contributed by atoms with van der Waals surface area (Å²) in [5, 5.41) is 0. The molecule has 0 unspecified atom stereocenters. The Morgan fingerprint density at radius 2 is 0.784 bits per heavy atom. The fourth-order valence-electron chi connectivity index (χ4n) is 1.68. The fraction of sp³-hybridized carbons (Fsp3) is 0.483. The van der Waals surface area contributed by atoms with Crippen molar-refractivity contribution >= 4 is 35.1 Å². The Morgan fingerprint density at radius 3 is 1.00 bits per heavy atom. The van der Waals surface area contributed by atoms with E-state index in [1.54, 1.807) is 38.2 Å². The van der Waals surface area contributed by atoms with Gasteiger partial charge in [0.05, 0.1) is 34.0 Å². The lowest BCUT2D eigenvalue weighted by atomic mass is 10.3. The highest BCUT2D eigenvalue weighted by atomic mass is 16.5. The number of carbonyl (C=O) groups excluding carboxylic acids is 6. The lowest BCUT2D eigenvalue weighted by molar-refractivity contribution is -0.140. The van der Waals surface area contributed by atoms with E-state index in [1.165, 1.54) is 28.1 Å². The van der Waals surface area contributed by atoms with Crippen molar-refractivity contribution in [2.45, 2.75) is 79.6 Å². The minimum Gasteiger partial charge on any atom is -0.469 e. The molecule has 0 saturated carbocycles. The smallest absolute Gasteiger partial charge is 0.309 e. The molecule has 0 aliphatic carbocycles. The monoisotopic (exact) mass is 521 g/mol. The maximum atomic E-state index is 10.5. The molecule has 208 valence electrons. The Hall–Kier alpha value is -3.55. The largest absolute Gasteiger partial charge is 0.469 e. The molecule has 0 N–H and O–H groups in total. The highest BCUT2D eigenvalue weighted by molar-refractivity contribution is 5.78. The number of methoxy groups -OCH3 is 2. The number of Topliss-reactive ketones (excluding diaryl/α,β-unsaturated/α-hetero) is 4. The van der Waals surface area contributed by atoms with Gasteiger partial charge in [-0.1, -0.05) is 42.5 Å². The van der Waals surface area contributed by atoms with Crippen LogP contribution >= 0.6 is 0 Å². The first-order valence-corrected chi connectivity index (χ1v) is 11.8. The van der Waals surface area contributed by atoms with Gasteiger partial charge in [0.25, 0.3) is 0 Å². The molecule has 0 aromatic carbocycles. The zero-order valence-corrected chi connectivity index (χ0v) is 23.5. The van der Waals surface area contributed by atoms with E-state index in [0.29, 0.717) is 25.7 Å². The molecule has 0 atom stereocenters. The van der Waals surface area contributed by atoms with Crippen LogP contribution in [0.25, 0.3) is 0 Å². The van der Waals surface area contributed by atoms with Crippen molar-refractivity contribution in [3.05, 3.63) is 55.5 Å². The Balaban J connectivity index is -0.000000200. The maximum Gasteiger partial charge on any atom is 0.309 e. The van der Waals surface area contributed by atoms with Crippen molar-refractivity contribution in [3.63, 3.8) is 0 Å². The fourth-order valence-corrected chi connectivity index (χ4v) is 1.68. The van der Waals surface area contributed by atoms with Crippen LogP contribution in [0.1, 0.15) is 79.6 Å². The highest BCUT2D eigenvalue weighted by Gasteiger charge is 1.94. The predicted octanol–water partition coefficient (Wildman–Crippen LogP) is 5.46. The van der Waals surface area contributed by atoms with E-state index in [4.69, 9.17) is 0 Å². The van der Waals surface area contributed by atoms with Gasteiger partial charge in [-0.25, -0.2) is 0 Å². The van der Waals surface area contributed by atoms with Crippen LogP contribution in [-0.4, -0.2) is 49.3 Å². The third kappa shape index (κ3) is 54.7. The second-order valence-corrected chi connectivity index (χ2v) is 7.46. The van der Waals surface area contributed by atoms with Crippen molar-refractivity contribution in [2.75, 3.05) is 14.2 Å². The van der Waals surface area contributed by atoms with Crippen molar-refractivity contribution in [3.8, 4) is 0 Å². The molecule has 8 heteroatoms. The number of rotatable bonds is 13. The summed E-state index contributed by atoms with van der Waals surface area (Å²) in [5.74, 6) is 0.0274. The average molecular weight is 522 g/mol. The van der Waals surface area contributed by atoms with E-state index in [1.807, 2.05) is 31.2 Å². The van der Waals surface area contributed by atoms with E-state index in [2.05, 4.69) is 16.4 Å². The zero-order valence-electron chi connectivity index (χ0n) is 23.5. The van der Waals surface area contributed by atoms with Gasteiger partial charge in [-0.05, 0) is 40.7 Å². The molecule has 0 aromatic rings.